The van der Waals surface area contributed by atoms with Gasteiger partial charge in [0.25, 0.3) is 0 Å². The van der Waals surface area contributed by atoms with Crippen molar-refractivity contribution in [2.45, 2.75) is 6.10 Å². The number of aliphatic hydroxyl groups is 1. The van der Waals surface area contributed by atoms with Gasteiger partial charge in [0, 0.05) is 17.3 Å². The summed E-state index contributed by atoms with van der Waals surface area (Å²) in [6.07, 6.45) is 1.06. The Kier molecular flexibility index (Phi) is 2.89. The van der Waals surface area contributed by atoms with Crippen molar-refractivity contribution < 1.29 is 5.11 Å². The van der Waals surface area contributed by atoms with Gasteiger partial charge >= 0.3 is 0 Å². The number of anilines is 1. The standard InChI is InChI=1S/C16H14N2O/c17-14-5-1-3-12(9-14)16(19)13-7-6-11-4-2-8-18-15(11)10-13/h1-10,16,19H,17H2. The maximum atomic E-state index is 10.4. The average Bonchev–Trinajstić information content (AvgIpc) is 2.46. The molecule has 1 unspecified atom stereocenters. The zero-order valence-electron chi connectivity index (χ0n) is 10.3. The second-order valence-corrected chi connectivity index (χ2v) is 4.53. The molecule has 94 valence electrons. The van der Waals surface area contributed by atoms with Crippen LogP contribution >= 0.6 is 0 Å². The van der Waals surface area contributed by atoms with E-state index >= 15 is 0 Å². The van der Waals surface area contributed by atoms with Crippen molar-refractivity contribution in [2.24, 2.45) is 0 Å². The summed E-state index contributed by atoms with van der Waals surface area (Å²) in [7, 11) is 0. The number of pyridine rings is 1. The van der Waals surface area contributed by atoms with Gasteiger partial charge in [0.15, 0.2) is 0 Å². The van der Waals surface area contributed by atoms with Crippen molar-refractivity contribution >= 4 is 16.6 Å². The van der Waals surface area contributed by atoms with Crippen LogP contribution in [0, 0.1) is 0 Å². The van der Waals surface area contributed by atoms with E-state index in [1.165, 1.54) is 0 Å². The highest BCUT2D eigenvalue weighted by Gasteiger charge is 2.11. The Hall–Kier alpha value is -2.39. The molecule has 0 bridgehead atoms. The topological polar surface area (TPSA) is 59.1 Å². The summed E-state index contributed by atoms with van der Waals surface area (Å²) >= 11 is 0. The lowest BCUT2D eigenvalue weighted by Crippen LogP contribution is -2.00. The Morgan fingerprint density at radius 3 is 2.63 bits per heavy atom. The predicted molar refractivity (Wildman–Crippen MR) is 76.7 cm³/mol. The fourth-order valence-electron chi connectivity index (χ4n) is 2.18. The molecule has 0 saturated carbocycles. The van der Waals surface area contributed by atoms with Crippen LogP contribution in [0.4, 0.5) is 5.69 Å². The van der Waals surface area contributed by atoms with Crippen LogP contribution in [0.15, 0.2) is 60.8 Å². The molecule has 3 N–H and O–H groups in total. The maximum absolute atomic E-state index is 10.4. The first-order chi connectivity index (χ1) is 9.24. The number of nitrogen functional groups attached to an aromatic ring is 1. The van der Waals surface area contributed by atoms with E-state index in [-0.39, 0.29) is 0 Å². The smallest absolute Gasteiger partial charge is 0.104 e. The molecule has 0 radical (unpaired) electrons. The van der Waals surface area contributed by atoms with Gasteiger partial charge in [0.1, 0.15) is 6.10 Å². The minimum absolute atomic E-state index is 0.649. The van der Waals surface area contributed by atoms with Gasteiger partial charge in [0.05, 0.1) is 5.52 Å². The van der Waals surface area contributed by atoms with Crippen LogP contribution in [0.5, 0.6) is 0 Å². The Labute approximate surface area is 111 Å². The minimum Gasteiger partial charge on any atom is -0.399 e. The fraction of sp³-hybridized carbons (Fsp3) is 0.0625. The lowest BCUT2D eigenvalue weighted by molar-refractivity contribution is 0.220. The van der Waals surface area contributed by atoms with Crippen molar-refractivity contribution in [2.75, 3.05) is 5.73 Å². The highest BCUT2D eigenvalue weighted by Crippen LogP contribution is 2.25. The summed E-state index contributed by atoms with van der Waals surface area (Å²) in [6, 6.07) is 17.0. The quantitative estimate of drug-likeness (QED) is 0.687. The fourth-order valence-corrected chi connectivity index (χ4v) is 2.18. The average molecular weight is 250 g/mol. The molecular formula is C16H14N2O. The monoisotopic (exact) mass is 250 g/mol. The van der Waals surface area contributed by atoms with Crippen molar-refractivity contribution in [3.8, 4) is 0 Å². The molecule has 0 spiro atoms. The number of aliphatic hydroxyl groups excluding tert-OH is 1. The molecule has 2 aromatic carbocycles. The summed E-state index contributed by atoms with van der Waals surface area (Å²) in [5.41, 5.74) is 8.87. The van der Waals surface area contributed by atoms with Gasteiger partial charge in [-0.15, -0.1) is 0 Å². The second kappa shape index (κ2) is 4.71. The van der Waals surface area contributed by atoms with Gasteiger partial charge in [-0.25, -0.2) is 0 Å². The summed E-state index contributed by atoms with van der Waals surface area (Å²) in [5.74, 6) is 0. The maximum Gasteiger partial charge on any atom is 0.104 e. The summed E-state index contributed by atoms with van der Waals surface area (Å²) < 4.78 is 0. The Morgan fingerprint density at radius 2 is 1.79 bits per heavy atom. The van der Waals surface area contributed by atoms with Crippen LogP contribution in [0.3, 0.4) is 0 Å². The SMILES string of the molecule is Nc1cccc(C(O)c2ccc3cccnc3c2)c1. The molecule has 1 aromatic heterocycles. The third-order valence-corrected chi connectivity index (χ3v) is 3.17. The van der Waals surface area contributed by atoms with Crippen molar-refractivity contribution in [3.05, 3.63) is 71.9 Å². The summed E-state index contributed by atoms with van der Waals surface area (Å²) in [4.78, 5) is 4.30. The molecule has 1 atom stereocenters. The molecule has 19 heavy (non-hydrogen) atoms. The van der Waals surface area contributed by atoms with Crippen LogP contribution in [0.25, 0.3) is 10.9 Å². The van der Waals surface area contributed by atoms with Crippen molar-refractivity contribution in [1.82, 2.24) is 4.98 Å². The highest BCUT2D eigenvalue weighted by molar-refractivity contribution is 5.79. The number of hydrogen-bond donors (Lipinski definition) is 2. The minimum atomic E-state index is -0.685. The second-order valence-electron chi connectivity index (χ2n) is 4.53. The molecule has 0 amide bonds. The van der Waals surface area contributed by atoms with Crippen LogP contribution < -0.4 is 5.73 Å². The Balaban J connectivity index is 2.04. The number of nitrogens with two attached hydrogens (primary N) is 1. The van der Waals surface area contributed by atoms with Crippen molar-refractivity contribution in [1.29, 1.82) is 0 Å². The molecule has 3 nitrogen and oxygen atoms in total. The molecule has 3 aromatic rings. The van der Waals surface area contributed by atoms with Gasteiger partial charge in [-0.3, -0.25) is 4.98 Å². The van der Waals surface area contributed by atoms with E-state index in [2.05, 4.69) is 4.98 Å². The van der Waals surface area contributed by atoms with E-state index in [0.29, 0.717) is 5.69 Å². The largest absolute Gasteiger partial charge is 0.399 e. The first-order valence-electron chi connectivity index (χ1n) is 6.12. The van der Waals surface area contributed by atoms with Crippen LogP contribution in [0.1, 0.15) is 17.2 Å². The molecule has 3 rings (SSSR count). The molecule has 0 aliphatic rings. The van der Waals surface area contributed by atoms with Gasteiger partial charge < -0.3 is 10.8 Å². The predicted octanol–water partition coefficient (Wildman–Crippen LogP) is 2.90. The third kappa shape index (κ3) is 2.28. The van der Waals surface area contributed by atoms with Crippen molar-refractivity contribution in [3.63, 3.8) is 0 Å². The van der Waals surface area contributed by atoms with E-state index in [1.54, 1.807) is 18.3 Å². The third-order valence-electron chi connectivity index (χ3n) is 3.17. The molecule has 0 aliphatic heterocycles. The van der Waals surface area contributed by atoms with Gasteiger partial charge in [0.2, 0.25) is 0 Å². The van der Waals surface area contributed by atoms with E-state index in [4.69, 9.17) is 5.73 Å². The number of rotatable bonds is 2. The van der Waals surface area contributed by atoms with Gasteiger partial charge in [-0.2, -0.15) is 0 Å². The van der Waals surface area contributed by atoms with E-state index in [0.717, 1.165) is 22.0 Å². The lowest BCUT2D eigenvalue weighted by Gasteiger charge is -2.12. The zero-order chi connectivity index (χ0) is 13.2. The lowest BCUT2D eigenvalue weighted by atomic mass is 10.00. The van der Waals surface area contributed by atoms with Gasteiger partial charge in [-0.05, 0) is 35.4 Å². The van der Waals surface area contributed by atoms with Gasteiger partial charge in [-0.1, -0.05) is 30.3 Å². The van der Waals surface area contributed by atoms with Crippen LogP contribution in [-0.2, 0) is 0 Å². The normalized spacial score (nSPS) is 12.5. The molecule has 0 fully saturated rings. The zero-order valence-corrected chi connectivity index (χ0v) is 10.3. The Bertz CT molecular complexity index is 725. The van der Waals surface area contributed by atoms with Crippen LogP contribution in [-0.4, -0.2) is 10.1 Å². The summed E-state index contributed by atoms with van der Waals surface area (Å²) in [6.45, 7) is 0. The molecular weight excluding hydrogens is 236 g/mol. The van der Waals surface area contributed by atoms with E-state index in [1.807, 2.05) is 42.5 Å². The van der Waals surface area contributed by atoms with Crippen LogP contribution in [0.2, 0.25) is 0 Å². The molecule has 1 heterocycles. The number of fused-ring (bicyclic) bond motifs is 1. The Morgan fingerprint density at radius 1 is 0.947 bits per heavy atom. The number of benzene rings is 2. The summed E-state index contributed by atoms with van der Waals surface area (Å²) in [5, 5.41) is 11.5. The highest BCUT2D eigenvalue weighted by atomic mass is 16.3. The number of hydrogen-bond acceptors (Lipinski definition) is 3. The number of aromatic nitrogens is 1. The first-order valence-corrected chi connectivity index (χ1v) is 6.12. The molecule has 0 saturated heterocycles. The number of nitrogens with zero attached hydrogens (tertiary/aromatic N) is 1. The molecule has 3 heteroatoms. The van der Waals surface area contributed by atoms with E-state index < -0.39 is 6.10 Å². The molecule has 0 aliphatic carbocycles. The first kappa shape index (κ1) is 11.7. The van der Waals surface area contributed by atoms with E-state index in [9.17, 15) is 5.11 Å².